The van der Waals surface area contributed by atoms with Crippen LogP contribution in [0.15, 0.2) is 18.2 Å². The molecule has 98 valence electrons. The highest BCUT2D eigenvalue weighted by molar-refractivity contribution is 6.04. The summed E-state index contributed by atoms with van der Waals surface area (Å²) in [4.78, 5) is 14.0. The summed E-state index contributed by atoms with van der Waals surface area (Å²) in [7, 11) is 0. The van der Waals surface area contributed by atoms with E-state index in [1.165, 1.54) is 5.56 Å². The second kappa shape index (κ2) is 5.53. The number of unbranched alkanes of at least 4 members (excludes halogenated alkanes) is 2. The Labute approximate surface area is 109 Å². The number of rotatable bonds is 5. The van der Waals surface area contributed by atoms with Gasteiger partial charge in [-0.15, -0.1) is 0 Å². The minimum Gasteiger partial charge on any atom is -0.316 e. The van der Waals surface area contributed by atoms with Crippen LogP contribution >= 0.6 is 0 Å². The Hall–Kier alpha value is -1.35. The number of aryl methyl sites for hydroxylation is 1. The highest BCUT2D eigenvalue weighted by Crippen LogP contribution is 2.35. The average Bonchev–Trinajstić information content (AvgIpc) is 2.63. The molecule has 0 radical (unpaired) electrons. The zero-order chi connectivity index (χ0) is 13.1. The lowest BCUT2D eigenvalue weighted by atomic mass is 10.0. The summed E-state index contributed by atoms with van der Waals surface area (Å²) in [6, 6.07) is 5.76. The number of hydrogen-bond acceptors (Lipinski definition) is 2. The van der Waals surface area contributed by atoms with Crippen molar-refractivity contribution in [2.24, 2.45) is 5.73 Å². The summed E-state index contributed by atoms with van der Waals surface area (Å²) in [6.07, 6.45) is 4.34. The van der Waals surface area contributed by atoms with Gasteiger partial charge in [0.25, 0.3) is 0 Å². The van der Waals surface area contributed by atoms with Crippen molar-refractivity contribution < 1.29 is 4.79 Å². The molecule has 1 amide bonds. The molecule has 18 heavy (non-hydrogen) atoms. The lowest BCUT2D eigenvalue weighted by Gasteiger charge is -2.17. The summed E-state index contributed by atoms with van der Waals surface area (Å²) in [5.41, 5.74) is 9.27. The summed E-state index contributed by atoms with van der Waals surface area (Å²) in [5.74, 6) is 0.0503. The van der Waals surface area contributed by atoms with Gasteiger partial charge in [-0.25, -0.2) is 0 Å². The molecule has 0 saturated heterocycles. The van der Waals surface area contributed by atoms with Crippen LogP contribution in [0.4, 0.5) is 5.69 Å². The first-order chi connectivity index (χ1) is 8.69. The normalized spacial score (nSPS) is 18.3. The Morgan fingerprint density at radius 2 is 2.06 bits per heavy atom. The van der Waals surface area contributed by atoms with Gasteiger partial charge in [-0.05, 0) is 24.5 Å². The van der Waals surface area contributed by atoms with Crippen molar-refractivity contribution >= 4 is 11.6 Å². The predicted octanol–water partition coefficient (Wildman–Crippen LogP) is 2.79. The molecule has 0 bridgehead atoms. The van der Waals surface area contributed by atoms with Gasteiger partial charge in [-0.3, -0.25) is 4.79 Å². The van der Waals surface area contributed by atoms with Crippen LogP contribution in [0.2, 0.25) is 0 Å². The van der Waals surface area contributed by atoms with E-state index in [1.54, 1.807) is 0 Å². The number of carbonyl (C=O) groups excluding carboxylic acids is 1. The van der Waals surface area contributed by atoms with Crippen molar-refractivity contribution in [3.8, 4) is 0 Å². The Morgan fingerprint density at radius 1 is 1.28 bits per heavy atom. The zero-order valence-corrected chi connectivity index (χ0v) is 11.3. The molecule has 0 aromatic heterocycles. The smallest absolute Gasteiger partial charge is 0.248 e. The lowest BCUT2D eigenvalue weighted by molar-refractivity contribution is -0.119. The van der Waals surface area contributed by atoms with Gasteiger partial charge in [0.15, 0.2) is 0 Å². The molecule has 1 aliphatic rings. The van der Waals surface area contributed by atoms with Crippen molar-refractivity contribution in [2.75, 3.05) is 11.4 Å². The first-order valence-electron chi connectivity index (χ1n) is 6.88. The minimum absolute atomic E-state index is 0.0503. The maximum Gasteiger partial charge on any atom is 0.248 e. The summed E-state index contributed by atoms with van der Waals surface area (Å²) < 4.78 is 0. The van der Waals surface area contributed by atoms with Crippen LogP contribution in [0.5, 0.6) is 0 Å². The van der Waals surface area contributed by atoms with E-state index in [4.69, 9.17) is 5.73 Å². The second-order valence-electron chi connectivity index (χ2n) is 4.92. The monoisotopic (exact) mass is 246 g/mol. The maximum absolute atomic E-state index is 12.2. The molecule has 3 heteroatoms. The molecule has 1 aromatic rings. The Kier molecular flexibility index (Phi) is 4.02. The van der Waals surface area contributed by atoms with Gasteiger partial charge in [0, 0.05) is 17.8 Å². The van der Waals surface area contributed by atoms with Gasteiger partial charge in [0.2, 0.25) is 5.91 Å². The van der Waals surface area contributed by atoms with Crippen LogP contribution in [-0.4, -0.2) is 12.5 Å². The third kappa shape index (κ3) is 2.27. The number of fused-ring (bicyclic) bond motifs is 1. The second-order valence-corrected chi connectivity index (χ2v) is 4.92. The molecule has 0 saturated carbocycles. The van der Waals surface area contributed by atoms with E-state index in [1.807, 2.05) is 11.0 Å². The van der Waals surface area contributed by atoms with Crippen molar-refractivity contribution in [3.63, 3.8) is 0 Å². The van der Waals surface area contributed by atoms with Gasteiger partial charge in [-0.2, -0.15) is 0 Å². The van der Waals surface area contributed by atoms with Gasteiger partial charge < -0.3 is 10.6 Å². The van der Waals surface area contributed by atoms with Gasteiger partial charge in [-0.1, -0.05) is 38.8 Å². The molecule has 2 rings (SSSR count). The molecule has 1 unspecified atom stereocenters. The number of benzene rings is 1. The fourth-order valence-corrected chi connectivity index (χ4v) is 2.49. The number of amides is 1. The number of carbonyl (C=O) groups is 1. The van der Waals surface area contributed by atoms with Crippen LogP contribution in [-0.2, 0) is 11.2 Å². The Morgan fingerprint density at radius 3 is 2.72 bits per heavy atom. The fraction of sp³-hybridized carbons (Fsp3) is 0.533. The van der Waals surface area contributed by atoms with Gasteiger partial charge in [0.1, 0.15) is 6.04 Å². The van der Waals surface area contributed by atoms with E-state index in [2.05, 4.69) is 26.0 Å². The largest absolute Gasteiger partial charge is 0.316 e. The number of anilines is 1. The molecular formula is C15H22N2O. The molecule has 0 aliphatic carbocycles. The molecule has 3 nitrogen and oxygen atoms in total. The Bertz CT molecular complexity index is 442. The molecule has 1 heterocycles. The van der Waals surface area contributed by atoms with Crippen LogP contribution in [0, 0.1) is 0 Å². The van der Waals surface area contributed by atoms with Crippen LogP contribution in [0.25, 0.3) is 0 Å². The lowest BCUT2D eigenvalue weighted by Crippen LogP contribution is -2.32. The van der Waals surface area contributed by atoms with Crippen molar-refractivity contribution in [2.45, 2.75) is 45.6 Å². The first-order valence-corrected chi connectivity index (χ1v) is 6.88. The fourth-order valence-electron chi connectivity index (χ4n) is 2.49. The summed E-state index contributed by atoms with van der Waals surface area (Å²) in [6.45, 7) is 5.07. The highest BCUT2D eigenvalue weighted by Gasteiger charge is 2.34. The number of hydrogen-bond donors (Lipinski definition) is 1. The third-order valence-electron chi connectivity index (χ3n) is 3.64. The maximum atomic E-state index is 12.2. The molecular weight excluding hydrogens is 224 g/mol. The van der Waals surface area contributed by atoms with Gasteiger partial charge in [0.05, 0.1) is 0 Å². The zero-order valence-electron chi connectivity index (χ0n) is 11.3. The van der Waals surface area contributed by atoms with Crippen LogP contribution in [0.3, 0.4) is 0 Å². The Balaban J connectivity index is 2.23. The standard InChI is InChI=1S/C15H22N2O/c1-3-5-6-9-17-13-8-7-11(4-2)10-12(13)14(16)15(17)18/h7-8,10,14H,3-6,9,16H2,1-2H3. The SMILES string of the molecule is CCCCCN1C(=O)C(N)c2cc(CC)ccc21. The van der Waals surface area contributed by atoms with Crippen LogP contribution in [0.1, 0.15) is 50.3 Å². The number of nitrogens with two attached hydrogens (primary N) is 1. The van der Waals surface area contributed by atoms with Crippen molar-refractivity contribution in [1.82, 2.24) is 0 Å². The molecule has 2 N–H and O–H groups in total. The van der Waals surface area contributed by atoms with E-state index >= 15 is 0 Å². The van der Waals surface area contributed by atoms with Crippen LogP contribution < -0.4 is 10.6 Å². The van der Waals surface area contributed by atoms with Crippen molar-refractivity contribution in [3.05, 3.63) is 29.3 Å². The highest BCUT2D eigenvalue weighted by atomic mass is 16.2. The summed E-state index contributed by atoms with van der Waals surface area (Å²) in [5, 5.41) is 0. The number of nitrogens with zero attached hydrogens (tertiary/aromatic N) is 1. The van der Waals surface area contributed by atoms with E-state index < -0.39 is 6.04 Å². The molecule has 0 fully saturated rings. The topological polar surface area (TPSA) is 46.3 Å². The van der Waals surface area contributed by atoms with E-state index in [0.29, 0.717) is 0 Å². The van der Waals surface area contributed by atoms with E-state index in [-0.39, 0.29) is 5.91 Å². The average molecular weight is 246 g/mol. The van der Waals surface area contributed by atoms with Gasteiger partial charge >= 0.3 is 0 Å². The molecule has 0 spiro atoms. The van der Waals surface area contributed by atoms with E-state index in [0.717, 1.165) is 43.5 Å². The molecule has 1 atom stereocenters. The summed E-state index contributed by atoms with van der Waals surface area (Å²) >= 11 is 0. The first kappa shape index (κ1) is 13.1. The van der Waals surface area contributed by atoms with E-state index in [9.17, 15) is 4.79 Å². The minimum atomic E-state index is -0.465. The van der Waals surface area contributed by atoms with Crippen molar-refractivity contribution in [1.29, 1.82) is 0 Å². The third-order valence-corrected chi connectivity index (χ3v) is 3.64. The molecule has 1 aromatic carbocycles. The predicted molar refractivity (Wildman–Crippen MR) is 74.6 cm³/mol. The molecule has 1 aliphatic heterocycles. The quantitative estimate of drug-likeness (QED) is 0.812.